The Morgan fingerprint density at radius 2 is 0.461 bits per heavy atom. The Hall–Kier alpha value is -15.1. The van der Waals surface area contributed by atoms with Crippen molar-refractivity contribution in [1.82, 2.24) is 19.9 Å². The van der Waals surface area contributed by atoms with E-state index in [9.17, 15) is 0 Å². The number of fused-ring (bicyclic) bond motifs is 9. The fourth-order valence-electron chi connectivity index (χ4n) is 17.4. The molecule has 0 unspecified atom stereocenters. The van der Waals surface area contributed by atoms with Crippen molar-refractivity contribution in [3.63, 3.8) is 0 Å². The Bertz CT molecular complexity index is 7100. The zero-order valence-electron chi connectivity index (χ0n) is 63.3. The molecule has 0 spiro atoms. The highest BCUT2D eigenvalue weighted by molar-refractivity contribution is 6.25. The van der Waals surface area contributed by atoms with Gasteiger partial charge in [-0.15, -0.1) is 0 Å². The third kappa shape index (κ3) is 12.3. The van der Waals surface area contributed by atoms with Gasteiger partial charge in [-0.25, -0.2) is 0 Å². The van der Waals surface area contributed by atoms with Gasteiger partial charge in [-0.2, -0.15) is 0 Å². The molecular weight excluding hydrogens is 1400 g/mol. The van der Waals surface area contributed by atoms with Gasteiger partial charge in [-0.1, -0.05) is 220 Å². The van der Waals surface area contributed by atoms with Gasteiger partial charge >= 0.3 is 0 Å². The molecule has 0 atom stereocenters. The lowest BCUT2D eigenvalue weighted by molar-refractivity contribution is 0.661. The molecule has 115 heavy (non-hydrogen) atoms. The van der Waals surface area contributed by atoms with E-state index >= 15 is 0 Å². The molecule has 0 bridgehead atoms. The van der Waals surface area contributed by atoms with Crippen molar-refractivity contribution in [2.45, 2.75) is 19.3 Å². The van der Waals surface area contributed by atoms with Crippen molar-refractivity contribution in [1.29, 1.82) is 0 Å². The largest absolute Gasteiger partial charge is 0.310 e. The SMILES string of the molecule is CC1(C)c2cc(N(c3ccc(-c4ccccc4)cc3)c3ccc4ncccc4c3)ccc2-c2cc3c(N(c4ccc(-c5ccccc5)cc4)c4ccc5ncccc5c4)c4cc(N(c5ccc(-c6ccccc6)cc5)c5ccc6ncccc6c5)ccc4c(N(c4ccc(-c5ccccc5)cc4)c4ccc5ncccc5c4)c3cc21. The van der Waals surface area contributed by atoms with Crippen LogP contribution in [-0.4, -0.2) is 19.9 Å². The maximum Gasteiger partial charge on any atom is 0.0703 e. The molecule has 0 fully saturated rings. The predicted molar refractivity (Wildman–Crippen MR) is 481 cm³/mol. The maximum absolute atomic E-state index is 4.94. The van der Waals surface area contributed by atoms with Crippen LogP contribution >= 0.6 is 0 Å². The summed E-state index contributed by atoms with van der Waals surface area (Å²) in [5.41, 5.74) is 29.2. The average Bonchev–Trinajstić information content (AvgIpc) is 1.11. The fraction of sp³-hybridized carbons (Fsp3) is 0.0280. The molecule has 1 aliphatic rings. The van der Waals surface area contributed by atoms with Crippen molar-refractivity contribution >= 4 is 133 Å². The standard InChI is InChI=1S/C107H74N8/c1-107(2)99-68-92(113(88-50-56-102-80(64-88)28-16-60-109-102)84-41-33-76(34-42-84)72-21-9-4-10-22-72)47-53-93(99)95-69-97-98(70-100(95)107)105(114(89-51-57-103-81(65-89)29-17-61-110-103)85-43-35-77(36-44-85)73-23-11-5-12-24-73)94-54-48-91(112(87-49-55-101-79(63-87)27-15-59-108-101)83-39-31-75(32-40-83)71-19-7-3-8-20-71)67-96(94)106(97)115(90-52-58-104-82(66-90)30-18-62-111-104)86-45-37-78(38-46-86)74-25-13-6-14-26-74/h3-70H,1-2H3. The Morgan fingerprint density at radius 1 is 0.191 bits per heavy atom. The van der Waals surface area contributed by atoms with Gasteiger partial charge in [0, 0.05) is 130 Å². The first-order valence-corrected chi connectivity index (χ1v) is 39.2. The summed E-state index contributed by atoms with van der Waals surface area (Å²) in [7, 11) is 0. The minimum atomic E-state index is -0.539. The van der Waals surface area contributed by atoms with Crippen LogP contribution in [0.5, 0.6) is 0 Å². The van der Waals surface area contributed by atoms with Crippen LogP contribution in [0.4, 0.5) is 68.2 Å². The Labute approximate surface area is 667 Å². The van der Waals surface area contributed by atoms with Crippen LogP contribution in [-0.2, 0) is 5.41 Å². The van der Waals surface area contributed by atoms with Crippen LogP contribution in [0, 0.1) is 0 Å². The number of hydrogen-bond acceptors (Lipinski definition) is 8. The Morgan fingerprint density at radius 3 is 0.835 bits per heavy atom. The molecule has 20 aromatic rings. The molecule has 4 heterocycles. The van der Waals surface area contributed by atoms with Crippen molar-refractivity contribution < 1.29 is 0 Å². The lowest BCUT2D eigenvalue weighted by Crippen LogP contribution is -2.18. The monoisotopic (exact) mass is 1470 g/mol. The van der Waals surface area contributed by atoms with Crippen molar-refractivity contribution in [3.8, 4) is 55.6 Å². The second-order valence-corrected chi connectivity index (χ2v) is 30.2. The molecule has 0 saturated heterocycles. The first-order chi connectivity index (χ1) is 56.7. The van der Waals surface area contributed by atoms with E-state index in [-0.39, 0.29) is 0 Å². The van der Waals surface area contributed by atoms with E-state index in [2.05, 4.69) is 397 Å². The number of pyridine rings is 4. The first-order valence-electron chi connectivity index (χ1n) is 39.2. The summed E-state index contributed by atoms with van der Waals surface area (Å²) in [6, 6.07) is 142. The summed E-state index contributed by atoms with van der Waals surface area (Å²) in [5, 5.41) is 8.35. The molecule has 1 aliphatic carbocycles. The summed E-state index contributed by atoms with van der Waals surface area (Å²) >= 11 is 0. The highest BCUT2D eigenvalue weighted by Crippen LogP contribution is 2.59. The van der Waals surface area contributed by atoms with Crippen molar-refractivity contribution in [2.75, 3.05) is 19.6 Å². The predicted octanol–water partition coefficient (Wildman–Crippen LogP) is 29.0. The number of nitrogens with zero attached hydrogens (tertiary/aromatic N) is 8. The topological polar surface area (TPSA) is 64.5 Å². The second-order valence-electron chi connectivity index (χ2n) is 30.2. The van der Waals surface area contributed by atoms with Gasteiger partial charge in [0.1, 0.15) is 0 Å². The van der Waals surface area contributed by atoms with Gasteiger partial charge in [0.15, 0.2) is 0 Å². The third-order valence-electron chi connectivity index (χ3n) is 23.1. The van der Waals surface area contributed by atoms with E-state index in [4.69, 9.17) is 19.9 Å². The lowest BCUT2D eigenvalue weighted by Gasteiger charge is -2.34. The third-order valence-corrected chi connectivity index (χ3v) is 23.1. The van der Waals surface area contributed by atoms with Crippen molar-refractivity contribution in [3.05, 3.63) is 424 Å². The zero-order chi connectivity index (χ0) is 76.5. The van der Waals surface area contributed by atoms with Gasteiger partial charge in [-0.05, 0) is 249 Å². The van der Waals surface area contributed by atoms with Crippen LogP contribution in [0.15, 0.2) is 413 Å². The quantitative estimate of drug-likeness (QED) is 0.0700. The smallest absolute Gasteiger partial charge is 0.0703 e. The Balaban J connectivity index is 0.877. The molecule has 542 valence electrons. The summed E-state index contributed by atoms with van der Waals surface area (Å²) in [5.74, 6) is 0. The molecule has 0 saturated carbocycles. The number of anilines is 12. The fourth-order valence-corrected chi connectivity index (χ4v) is 17.4. The van der Waals surface area contributed by atoms with E-state index in [1.165, 1.54) is 27.8 Å². The van der Waals surface area contributed by atoms with Crippen molar-refractivity contribution in [2.24, 2.45) is 0 Å². The molecule has 0 aliphatic heterocycles. The highest BCUT2D eigenvalue weighted by atomic mass is 15.2. The normalized spacial score (nSPS) is 12.2. The molecule has 16 aromatic carbocycles. The van der Waals surface area contributed by atoms with Gasteiger partial charge in [0.25, 0.3) is 0 Å². The Kier molecular flexibility index (Phi) is 16.7. The molecule has 0 radical (unpaired) electrons. The lowest BCUT2D eigenvalue weighted by atomic mass is 9.81. The summed E-state index contributed by atoms with van der Waals surface area (Å²) in [4.78, 5) is 29.4. The average molecular weight is 1470 g/mol. The number of benzene rings is 16. The molecule has 4 aromatic heterocycles. The summed E-state index contributed by atoms with van der Waals surface area (Å²) in [6.45, 7) is 4.84. The van der Waals surface area contributed by atoms with Gasteiger partial charge in [0.05, 0.1) is 33.4 Å². The van der Waals surface area contributed by atoms with Crippen LogP contribution in [0.1, 0.15) is 25.0 Å². The van der Waals surface area contributed by atoms with E-state index in [0.717, 1.165) is 172 Å². The van der Waals surface area contributed by atoms with Crippen LogP contribution in [0.2, 0.25) is 0 Å². The highest BCUT2D eigenvalue weighted by Gasteiger charge is 2.39. The van der Waals surface area contributed by atoms with E-state index < -0.39 is 5.41 Å². The minimum absolute atomic E-state index is 0.539. The molecule has 0 N–H and O–H groups in total. The van der Waals surface area contributed by atoms with Gasteiger partial charge < -0.3 is 19.6 Å². The second kappa shape index (κ2) is 28.3. The summed E-state index contributed by atoms with van der Waals surface area (Å²) in [6.07, 6.45) is 7.51. The molecule has 8 heteroatoms. The molecule has 8 nitrogen and oxygen atoms in total. The van der Waals surface area contributed by atoms with Crippen LogP contribution < -0.4 is 19.6 Å². The molecule has 0 amide bonds. The molecule has 21 rings (SSSR count). The zero-order valence-corrected chi connectivity index (χ0v) is 63.3. The number of rotatable bonds is 16. The molecular formula is C107H74N8. The van der Waals surface area contributed by atoms with Crippen LogP contribution in [0.25, 0.3) is 121 Å². The van der Waals surface area contributed by atoms with Gasteiger partial charge in [-0.3, -0.25) is 19.9 Å². The van der Waals surface area contributed by atoms with Gasteiger partial charge in [0.2, 0.25) is 0 Å². The number of aromatic nitrogens is 4. The number of hydrogen-bond donors (Lipinski definition) is 0. The van der Waals surface area contributed by atoms with E-state index in [0.29, 0.717) is 0 Å². The maximum atomic E-state index is 4.94. The summed E-state index contributed by atoms with van der Waals surface area (Å²) < 4.78 is 0. The van der Waals surface area contributed by atoms with Crippen LogP contribution in [0.3, 0.4) is 0 Å². The minimum Gasteiger partial charge on any atom is -0.310 e. The van der Waals surface area contributed by atoms with E-state index in [1.54, 1.807) is 0 Å². The van der Waals surface area contributed by atoms with E-state index in [1.807, 2.05) is 49.1 Å². The first kappa shape index (κ1) is 68.0.